The minimum absolute atomic E-state index is 0.317. The van der Waals surface area contributed by atoms with Gasteiger partial charge in [-0.3, -0.25) is 0 Å². The van der Waals surface area contributed by atoms with Gasteiger partial charge in [0.25, 0.3) is 0 Å². The molecule has 0 aliphatic carbocycles. The van der Waals surface area contributed by atoms with Crippen molar-refractivity contribution in [2.75, 3.05) is 43.6 Å². The van der Waals surface area contributed by atoms with Crippen LogP contribution in [0.25, 0.3) is 0 Å². The van der Waals surface area contributed by atoms with E-state index in [1.54, 1.807) is 6.33 Å². The van der Waals surface area contributed by atoms with Gasteiger partial charge in [-0.15, -0.1) is 0 Å². The summed E-state index contributed by atoms with van der Waals surface area (Å²) in [4.78, 5) is 10.9. The van der Waals surface area contributed by atoms with Crippen LogP contribution in [0, 0.1) is 0 Å². The van der Waals surface area contributed by atoms with E-state index in [0.29, 0.717) is 12.1 Å². The van der Waals surface area contributed by atoms with Gasteiger partial charge in [-0.2, -0.15) is 0 Å². The van der Waals surface area contributed by atoms with Gasteiger partial charge in [0.15, 0.2) is 0 Å². The van der Waals surface area contributed by atoms with Gasteiger partial charge in [-0.25, -0.2) is 9.97 Å². The fourth-order valence-corrected chi connectivity index (χ4v) is 3.05. The van der Waals surface area contributed by atoms with Crippen LogP contribution in [0.4, 0.5) is 11.6 Å². The molecular weight excluding hydrogens is 280 g/mol. The van der Waals surface area contributed by atoms with Crippen molar-refractivity contribution in [3.8, 4) is 0 Å². The lowest BCUT2D eigenvalue weighted by atomic mass is 10.1. The van der Waals surface area contributed by atoms with Gasteiger partial charge in [0.2, 0.25) is 0 Å². The van der Waals surface area contributed by atoms with Crippen LogP contribution in [0.2, 0.25) is 0 Å². The minimum Gasteiger partial charge on any atom is -0.379 e. The number of nitrogens with one attached hydrogen (secondary N) is 1. The number of rotatable bonds is 5. The van der Waals surface area contributed by atoms with Crippen molar-refractivity contribution in [2.45, 2.75) is 44.2 Å². The Morgan fingerprint density at radius 3 is 2.95 bits per heavy atom. The van der Waals surface area contributed by atoms with Crippen molar-refractivity contribution >= 4 is 11.6 Å². The first-order chi connectivity index (χ1) is 10.8. The Morgan fingerprint density at radius 1 is 1.23 bits per heavy atom. The fraction of sp³-hybridized carbons (Fsp3) is 0.750. The summed E-state index contributed by atoms with van der Waals surface area (Å²) >= 11 is 0. The molecule has 0 bridgehead atoms. The normalized spacial score (nSPS) is 25.7. The van der Waals surface area contributed by atoms with E-state index < -0.39 is 0 Å². The number of likely N-dealkylation sites (N-methyl/N-ethyl adjacent to an activating group) is 1. The molecule has 2 aliphatic rings. The lowest BCUT2D eigenvalue weighted by Gasteiger charge is -2.28. The first kappa shape index (κ1) is 15.5. The topological polar surface area (TPSA) is 59.5 Å². The van der Waals surface area contributed by atoms with E-state index in [2.05, 4.69) is 27.2 Å². The molecule has 0 amide bonds. The van der Waals surface area contributed by atoms with Crippen molar-refractivity contribution in [3.05, 3.63) is 12.4 Å². The second-order valence-electron chi connectivity index (χ2n) is 6.19. The second kappa shape index (κ2) is 7.74. The highest BCUT2D eigenvalue weighted by molar-refractivity contribution is 5.48. The van der Waals surface area contributed by atoms with Crippen LogP contribution in [-0.4, -0.2) is 55.5 Å². The summed E-state index contributed by atoms with van der Waals surface area (Å²) in [6.45, 7) is 3.39. The van der Waals surface area contributed by atoms with Crippen LogP contribution >= 0.6 is 0 Å². The van der Waals surface area contributed by atoms with Gasteiger partial charge in [0.1, 0.15) is 18.0 Å². The molecule has 2 aliphatic heterocycles. The molecule has 1 aromatic heterocycles. The van der Waals surface area contributed by atoms with Crippen LogP contribution in [0.5, 0.6) is 0 Å². The van der Waals surface area contributed by atoms with Gasteiger partial charge in [0.05, 0.1) is 18.8 Å². The van der Waals surface area contributed by atoms with Crippen LogP contribution in [-0.2, 0) is 9.47 Å². The third-order valence-electron chi connectivity index (χ3n) is 4.31. The average molecular weight is 306 g/mol. The number of hydrogen-bond donors (Lipinski definition) is 1. The maximum atomic E-state index is 5.80. The van der Waals surface area contributed by atoms with Gasteiger partial charge in [0, 0.05) is 32.9 Å². The molecule has 2 atom stereocenters. The van der Waals surface area contributed by atoms with E-state index in [1.165, 1.54) is 12.8 Å². The lowest BCUT2D eigenvalue weighted by molar-refractivity contribution is 0.0215. The monoisotopic (exact) mass is 306 g/mol. The molecule has 3 heterocycles. The van der Waals surface area contributed by atoms with Crippen LogP contribution in [0.3, 0.4) is 0 Å². The van der Waals surface area contributed by atoms with Crippen molar-refractivity contribution in [3.63, 3.8) is 0 Å². The first-order valence-corrected chi connectivity index (χ1v) is 8.30. The summed E-state index contributed by atoms with van der Waals surface area (Å²) in [6.07, 6.45) is 7.76. The Hall–Kier alpha value is -1.40. The lowest BCUT2D eigenvalue weighted by Crippen LogP contribution is -2.34. The summed E-state index contributed by atoms with van der Waals surface area (Å²) in [6, 6.07) is 2.36. The Kier molecular flexibility index (Phi) is 5.45. The van der Waals surface area contributed by atoms with Crippen LogP contribution < -0.4 is 10.2 Å². The molecule has 6 heteroatoms. The minimum atomic E-state index is 0.317. The summed E-state index contributed by atoms with van der Waals surface area (Å²) in [7, 11) is 2.06. The van der Waals surface area contributed by atoms with E-state index >= 15 is 0 Å². The third kappa shape index (κ3) is 4.30. The highest BCUT2D eigenvalue weighted by Gasteiger charge is 2.18. The van der Waals surface area contributed by atoms with E-state index in [1.807, 2.05) is 6.07 Å². The van der Waals surface area contributed by atoms with E-state index in [0.717, 1.165) is 57.3 Å². The van der Waals surface area contributed by atoms with E-state index in [9.17, 15) is 0 Å². The maximum Gasteiger partial charge on any atom is 0.133 e. The molecule has 1 aromatic rings. The highest BCUT2D eigenvalue weighted by atomic mass is 16.5. The first-order valence-electron chi connectivity index (χ1n) is 8.30. The second-order valence-corrected chi connectivity index (χ2v) is 6.19. The van der Waals surface area contributed by atoms with Crippen molar-refractivity contribution in [2.24, 2.45) is 0 Å². The molecule has 6 nitrogen and oxygen atoms in total. The summed E-state index contributed by atoms with van der Waals surface area (Å²) in [5.74, 6) is 1.81. The molecule has 3 rings (SSSR count). The zero-order valence-corrected chi connectivity index (χ0v) is 13.3. The summed E-state index contributed by atoms with van der Waals surface area (Å²) < 4.78 is 11.3. The van der Waals surface area contributed by atoms with E-state index in [4.69, 9.17) is 9.47 Å². The van der Waals surface area contributed by atoms with Crippen molar-refractivity contribution in [1.82, 2.24) is 9.97 Å². The van der Waals surface area contributed by atoms with Gasteiger partial charge in [-0.1, -0.05) is 0 Å². The molecule has 0 unspecified atom stereocenters. The molecule has 0 spiro atoms. The molecule has 0 aromatic carbocycles. The number of nitrogens with zero attached hydrogens (tertiary/aromatic N) is 3. The van der Waals surface area contributed by atoms with Crippen molar-refractivity contribution < 1.29 is 9.47 Å². The molecule has 1 N–H and O–H groups in total. The summed E-state index contributed by atoms with van der Waals surface area (Å²) in [5, 5.41) is 3.45. The Morgan fingerprint density at radius 2 is 2.18 bits per heavy atom. The zero-order valence-electron chi connectivity index (χ0n) is 13.3. The van der Waals surface area contributed by atoms with Gasteiger partial charge in [-0.05, 0) is 32.1 Å². The fourth-order valence-electron chi connectivity index (χ4n) is 3.05. The summed E-state index contributed by atoms with van der Waals surface area (Å²) in [5.41, 5.74) is 0. The largest absolute Gasteiger partial charge is 0.379 e. The van der Waals surface area contributed by atoms with Gasteiger partial charge < -0.3 is 19.7 Å². The maximum absolute atomic E-state index is 5.80. The van der Waals surface area contributed by atoms with Crippen molar-refractivity contribution in [1.29, 1.82) is 0 Å². The number of ether oxygens (including phenoxy) is 2. The number of anilines is 2. The molecule has 0 saturated carbocycles. The zero-order chi connectivity index (χ0) is 15.2. The third-order valence-corrected chi connectivity index (χ3v) is 4.31. The smallest absolute Gasteiger partial charge is 0.133 e. The molecule has 22 heavy (non-hydrogen) atoms. The Bertz CT molecular complexity index is 459. The molecule has 0 radical (unpaired) electrons. The highest BCUT2D eigenvalue weighted by Crippen LogP contribution is 2.19. The standard InChI is InChI=1S/C16H26N4O2/c1-20(10-14-6-2-3-8-22-14)16-9-15(17-12-18-16)19-13-5-4-7-21-11-13/h9,12-14H,2-8,10-11H2,1H3,(H,17,18,19)/t13-,14-/m0/s1. The average Bonchev–Trinajstić information content (AvgIpc) is 2.57. The SMILES string of the molecule is CN(C[C@@H]1CCCCO1)c1cc(N[C@H]2CCCOC2)ncn1. The number of aromatic nitrogens is 2. The molecule has 122 valence electrons. The van der Waals surface area contributed by atoms with Crippen LogP contribution in [0.15, 0.2) is 12.4 Å². The molecular formula is C16H26N4O2. The Labute approximate surface area is 132 Å². The number of hydrogen-bond acceptors (Lipinski definition) is 6. The quantitative estimate of drug-likeness (QED) is 0.899. The Balaban J connectivity index is 1.57. The van der Waals surface area contributed by atoms with Gasteiger partial charge >= 0.3 is 0 Å². The van der Waals surface area contributed by atoms with Crippen LogP contribution in [0.1, 0.15) is 32.1 Å². The molecule has 2 fully saturated rings. The predicted molar refractivity (Wildman–Crippen MR) is 86.4 cm³/mol. The molecule has 2 saturated heterocycles. The predicted octanol–water partition coefficient (Wildman–Crippen LogP) is 2.07. The van der Waals surface area contributed by atoms with E-state index in [-0.39, 0.29) is 0 Å².